The predicted molar refractivity (Wildman–Crippen MR) is 73.4 cm³/mol. The van der Waals surface area contributed by atoms with E-state index in [9.17, 15) is 4.79 Å². The number of carbonyl (C=O) groups excluding carboxylic acids is 1. The molecule has 6 nitrogen and oxygen atoms in total. The third kappa shape index (κ3) is 3.60. The summed E-state index contributed by atoms with van der Waals surface area (Å²) in [5.41, 5.74) is 1.02. The van der Waals surface area contributed by atoms with Gasteiger partial charge in [0, 0.05) is 30.0 Å². The van der Waals surface area contributed by atoms with Crippen LogP contribution in [0.3, 0.4) is 0 Å². The lowest BCUT2D eigenvalue weighted by Crippen LogP contribution is -2.26. The van der Waals surface area contributed by atoms with Gasteiger partial charge < -0.3 is 5.32 Å². The molecule has 2 aromatic rings. The normalized spacial score (nSPS) is 10.9. The second-order valence-electron chi connectivity index (χ2n) is 4.59. The van der Waals surface area contributed by atoms with Crippen molar-refractivity contribution in [3.05, 3.63) is 27.7 Å². The number of rotatable bonds is 5. The number of aromatic amines is 1. The monoisotopic (exact) mass is 279 g/mol. The van der Waals surface area contributed by atoms with Crippen LogP contribution in [-0.4, -0.2) is 32.6 Å². The van der Waals surface area contributed by atoms with Crippen molar-refractivity contribution in [3.8, 4) is 0 Å². The molecule has 0 unspecified atom stereocenters. The first kappa shape index (κ1) is 13.7. The number of amides is 1. The van der Waals surface area contributed by atoms with E-state index in [1.807, 2.05) is 26.2 Å². The molecular formula is C12H17N5OS. The summed E-state index contributed by atoms with van der Waals surface area (Å²) in [5, 5.41) is 12.5. The Labute approximate surface area is 115 Å². The van der Waals surface area contributed by atoms with Gasteiger partial charge in [0.2, 0.25) is 5.82 Å². The molecule has 0 atom stereocenters. The minimum absolute atomic E-state index is 0.194. The molecule has 7 heteroatoms. The predicted octanol–water partition coefficient (Wildman–Crippen LogP) is 1.67. The van der Waals surface area contributed by atoms with Gasteiger partial charge in [0.25, 0.3) is 5.91 Å². The first-order chi connectivity index (χ1) is 9.06. The zero-order valence-electron chi connectivity index (χ0n) is 11.2. The highest BCUT2D eigenvalue weighted by molar-refractivity contribution is 7.09. The summed E-state index contributed by atoms with van der Waals surface area (Å²) >= 11 is 1.61. The highest BCUT2D eigenvalue weighted by atomic mass is 32.1. The van der Waals surface area contributed by atoms with Crippen LogP contribution >= 0.6 is 11.3 Å². The van der Waals surface area contributed by atoms with Crippen LogP contribution in [-0.2, 0) is 6.42 Å². The molecule has 0 fully saturated rings. The molecule has 0 aliphatic carbocycles. The van der Waals surface area contributed by atoms with Crippen molar-refractivity contribution < 1.29 is 4.79 Å². The molecule has 1 amide bonds. The van der Waals surface area contributed by atoms with E-state index in [-0.39, 0.29) is 17.6 Å². The fourth-order valence-electron chi connectivity index (χ4n) is 1.51. The molecule has 0 aliphatic heterocycles. The maximum atomic E-state index is 11.8. The quantitative estimate of drug-likeness (QED) is 0.872. The topological polar surface area (TPSA) is 83.6 Å². The van der Waals surface area contributed by atoms with Crippen molar-refractivity contribution in [1.82, 2.24) is 25.5 Å². The lowest BCUT2D eigenvalue weighted by atomic mass is 10.2. The largest absolute Gasteiger partial charge is 0.349 e. The van der Waals surface area contributed by atoms with E-state index in [4.69, 9.17) is 0 Å². The van der Waals surface area contributed by atoms with Crippen LogP contribution in [0.2, 0.25) is 0 Å². The number of nitrogens with zero attached hydrogens (tertiary/aromatic N) is 3. The van der Waals surface area contributed by atoms with Gasteiger partial charge in [-0.3, -0.25) is 9.89 Å². The Hall–Kier alpha value is -1.76. The number of hydrogen-bond acceptors (Lipinski definition) is 5. The lowest BCUT2D eigenvalue weighted by molar-refractivity contribution is 0.0944. The molecule has 0 spiro atoms. The van der Waals surface area contributed by atoms with Gasteiger partial charge in [-0.1, -0.05) is 13.8 Å². The van der Waals surface area contributed by atoms with Gasteiger partial charge in [-0.05, 0) is 6.92 Å². The van der Waals surface area contributed by atoms with Crippen molar-refractivity contribution >= 4 is 17.2 Å². The number of nitrogens with one attached hydrogen (secondary N) is 2. The molecular weight excluding hydrogens is 262 g/mol. The van der Waals surface area contributed by atoms with E-state index >= 15 is 0 Å². The van der Waals surface area contributed by atoms with Crippen molar-refractivity contribution in [2.45, 2.75) is 33.1 Å². The summed E-state index contributed by atoms with van der Waals surface area (Å²) in [6, 6.07) is 0. The molecule has 0 aliphatic rings. The Balaban J connectivity index is 1.83. The minimum atomic E-state index is -0.253. The van der Waals surface area contributed by atoms with Crippen LogP contribution in [0.1, 0.15) is 46.9 Å². The zero-order chi connectivity index (χ0) is 13.8. The summed E-state index contributed by atoms with van der Waals surface area (Å²) in [5.74, 6) is 0.892. The van der Waals surface area contributed by atoms with Gasteiger partial charge in [-0.15, -0.1) is 16.4 Å². The highest BCUT2D eigenvalue weighted by Gasteiger charge is 2.13. The number of H-pyrrole nitrogens is 1. The fraction of sp³-hybridized carbons (Fsp3) is 0.500. The highest BCUT2D eigenvalue weighted by Crippen LogP contribution is 2.09. The SMILES string of the molecule is Cc1csc(CCNC(=O)c2n[nH]c(C(C)C)n2)n1. The van der Waals surface area contributed by atoms with E-state index in [1.165, 1.54) is 0 Å². The Kier molecular flexibility index (Phi) is 4.26. The zero-order valence-corrected chi connectivity index (χ0v) is 12.0. The van der Waals surface area contributed by atoms with Gasteiger partial charge in [-0.2, -0.15) is 0 Å². The summed E-state index contributed by atoms with van der Waals surface area (Å²) in [6.45, 7) is 6.48. The summed E-state index contributed by atoms with van der Waals surface area (Å²) in [6.07, 6.45) is 0.728. The Morgan fingerprint density at radius 3 is 2.84 bits per heavy atom. The van der Waals surface area contributed by atoms with Gasteiger partial charge in [0.1, 0.15) is 5.82 Å². The lowest BCUT2D eigenvalue weighted by Gasteiger charge is -2.00. The van der Waals surface area contributed by atoms with Gasteiger partial charge >= 0.3 is 0 Å². The third-order valence-electron chi connectivity index (χ3n) is 2.54. The van der Waals surface area contributed by atoms with Crippen LogP contribution in [0, 0.1) is 6.92 Å². The van der Waals surface area contributed by atoms with E-state index < -0.39 is 0 Å². The van der Waals surface area contributed by atoms with Crippen LogP contribution in [0.25, 0.3) is 0 Å². The van der Waals surface area contributed by atoms with Crippen LogP contribution in [0.15, 0.2) is 5.38 Å². The molecule has 0 radical (unpaired) electrons. The van der Waals surface area contributed by atoms with E-state index in [0.29, 0.717) is 6.54 Å². The smallest absolute Gasteiger partial charge is 0.290 e. The van der Waals surface area contributed by atoms with Gasteiger partial charge in [0.15, 0.2) is 0 Å². The average molecular weight is 279 g/mol. The van der Waals surface area contributed by atoms with Crippen molar-refractivity contribution in [1.29, 1.82) is 0 Å². The van der Waals surface area contributed by atoms with Crippen molar-refractivity contribution in [2.24, 2.45) is 0 Å². The molecule has 19 heavy (non-hydrogen) atoms. The number of carbonyl (C=O) groups is 1. The molecule has 0 saturated heterocycles. The first-order valence-electron chi connectivity index (χ1n) is 6.17. The Bertz CT molecular complexity index is 560. The molecule has 2 aromatic heterocycles. The third-order valence-corrected chi connectivity index (χ3v) is 3.57. The number of aryl methyl sites for hydroxylation is 1. The number of thiazole rings is 1. The van der Waals surface area contributed by atoms with Crippen LogP contribution in [0.4, 0.5) is 0 Å². The molecule has 102 valence electrons. The second kappa shape index (κ2) is 5.92. The summed E-state index contributed by atoms with van der Waals surface area (Å²) < 4.78 is 0. The van der Waals surface area contributed by atoms with Crippen LogP contribution in [0.5, 0.6) is 0 Å². The standard InChI is InChI=1S/C12H17N5OS/c1-7(2)10-15-11(17-16-10)12(18)13-5-4-9-14-8(3)6-19-9/h6-7H,4-5H2,1-3H3,(H,13,18)(H,15,16,17). The molecule has 0 bridgehead atoms. The molecule has 2 heterocycles. The van der Waals surface area contributed by atoms with E-state index in [2.05, 4.69) is 25.5 Å². The maximum Gasteiger partial charge on any atom is 0.290 e. The molecule has 0 aromatic carbocycles. The molecule has 2 N–H and O–H groups in total. The van der Waals surface area contributed by atoms with Crippen molar-refractivity contribution in [2.75, 3.05) is 6.54 Å². The fourth-order valence-corrected chi connectivity index (χ4v) is 2.29. The Morgan fingerprint density at radius 1 is 1.47 bits per heavy atom. The minimum Gasteiger partial charge on any atom is -0.349 e. The average Bonchev–Trinajstić information content (AvgIpc) is 2.98. The van der Waals surface area contributed by atoms with Crippen LogP contribution < -0.4 is 5.32 Å². The second-order valence-corrected chi connectivity index (χ2v) is 5.53. The maximum absolute atomic E-state index is 11.8. The van der Waals surface area contributed by atoms with Crippen molar-refractivity contribution in [3.63, 3.8) is 0 Å². The number of hydrogen-bond donors (Lipinski definition) is 2. The van der Waals surface area contributed by atoms with E-state index in [0.717, 1.165) is 22.9 Å². The molecule has 2 rings (SSSR count). The van der Waals surface area contributed by atoms with Gasteiger partial charge in [-0.25, -0.2) is 9.97 Å². The van der Waals surface area contributed by atoms with Gasteiger partial charge in [0.05, 0.1) is 5.01 Å². The number of aromatic nitrogens is 4. The summed E-state index contributed by atoms with van der Waals surface area (Å²) in [7, 11) is 0. The van der Waals surface area contributed by atoms with E-state index in [1.54, 1.807) is 11.3 Å². The Morgan fingerprint density at radius 2 is 2.26 bits per heavy atom. The first-order valence-corrected chi connectivity index (χ1v) is 7.05. The summed E-state index contributed by atoms with van der Waals surface area (Å²) in [4.78, 5) is 20.3. The molecule has 0 saturated carbocycles.